The van der Waals surface area contributed by atoms with Gasteiger partial charge in [-0.1, -0.05) is 25.4 Å². The molecule has 8 nitrogen and oxygen atoms in total. The maximum Gasteiger partial charge on any atom is 0.268 e. The van der Waals surface area contributed by atoms with Crippen LogP contribution in [0.3, 0.4) is 0 Å². The molecule has 0 radical (unpaired) electrons. The van der Waals surface area contributed by atoms with Crippen LogP contribution in [0.4, 0.5) is 0 Å². The number of carbonyl (C=O) groups is 3. The van der Waals surface area contributed by atoms with Gasteiger partial charge in [-0.3, -0.25) is 14.4 Å². The van der Waals surface area contributed by atoms with Crippen LogP contribution in [0.15, 0.2) is 18.2 Å². The third-order valence-electron chi connectivity index (χ3n) is 5.73. The fourth-order valence-electron chi connectivity index (χ4n) is 4.03. The molecule has 0 saturated carbocycles. The Bertz CT molecular complexity index is 1070. The number of hydrogen-bond acceptors (Lipinski definition) is 4. The highest BCUT2D eigenvalue weighted by atomic mass is 35.5. The molecule has 0 bridgehead atoms. The van der Waals surface area contributed by atoms with Gasteiger partial charge in [0.15, 0.2) is 0 Å². The van der Waals surface area contributed by atoms with Crippen LogP contribution in [-0.2, 0) is 9.59 Å². The summed E-state index contributed by atoms with van der Waals surface area (Å²) in [5.41, 5.74) is 1.88. The topological polar surface area (TPSA) is 127 Å². The number of nitrogens with zero attached hydrogens (tertiary/aromatic N) is 1. The third kappa shape index (κ3) is 5.40. The number of benzene rings is 1. The molecule has 1 aromatic heterocycles. The van der Waals surface area contributed by atoms with Crippen molar-refractivity contribution in [3.63, 3.8) is 0 Å². The molecule has 2 heterocycles. The van der Waals surface area contributed by atoms with Crippen LogP contribution in [-0.4, -0.2) is 41.3 Å². The number of aromatic nitrogens is 1. The molecule has 32 heavy (non-hydrogen) atoms. The summed E-state index contributed by atoms with van der Waals surface area (Å²) in [6, 6.07) is 5.77. The highest BCUT2D eigenvalue weighted by Gasteiger charge is 2.30. The van der Waals surface area contributed by atoms with E-state index < -0.39 is 23.9 Å². The van der Waals surface area contributed by atoms with E-state index in [1.807, 2.05) is 20.8 Å². The molecule has 1 aliphatic heterocycles. The molecule has 1 fully saturated rings. The van der Waals surface area contributed by atoms with Crippen LogP contribution in [0.2, 0.25) is 5.02 Å². The average Bonchev–Trinajstić information content (AvgIpc) is 3.29. The summed E-state index contributed by atoms with van der Waals surface area (Å²) < 4.78 is 0. The molecular formula is C23H28ClN5O3. The number of amides is 3. The van der Waals surface area contributed by atoms with Crippen LogP contribution in [0, 0.1) is 30.1 Å². The lowest BCUT2D eigenvalue weighted by molar-refractivity contribution is -0.125. The quantitative estimate of drug-likeness (QED) is 0.486. The standard InChI is InChI=1S/C23H28ClN5O3/c1-12(2)8-19(22(31)27-16(11-25)9-14-6-7-26-21(14)30)29-23(32)20-13(3)17-10-15(24)4-5-18(17)28-20/h4-5,10,12,14,16,19,28H,6-9H2,1-3H3,(H,26,30)(H,27,31)(H,29,32)/t14-,16-,19-/m0/s1. The Morgan fingerprint density at radius 3 is 2.69 bits per heavy atom. The summed E-state index contributed by atoms with van der Waals surface area (Å²) in [5.74, 6) is -1.09. The number of rotatable bonds is 8. The lowest BCUT2D eigenvalue weighted by Crippen LogP contribution is -2.50. The first kappa shape index (κ1) is 23.6. The molecule has 3 rings (SSSR count). The van der Waals surface area contributed by atoms with Gasteiger partial charge in [-0.05, 0) is 55.9 Å². The monoisotopic (exact) mass is 457 g/mol. The van der Waals surface area contributed by atoms with Crippen molar-refractivity contribution in [1.82, 2.24) is 20.9 Å². The van der Waals surface area contributed by atoms with Crippen molar-refractivity contribution < 1.29 is 14.4 Å². The first-order chi connectivity index (χ1) is 15.2. The molecule has 0 spiro atoms. The normalized spacial score (nSPS) is 17.6. The van der Waals surface area contributed by atoms with Gasteiger partial charge in [0.25, 0.3) is 5.91 Å². The molecule has 1 saturated heterocycles. The zero-order valence-electron chi connectivity index (χ0n) is 18.4. The third-order valence-corrected chi connectivity index (χ3v) is 5.97. The number of nitrogens with one attached hydrogen (secondary N) is 4. The zero-order chi connectivity index (χ0) is 23.4. The van der Waals surface area contributed by atoms with Crippen LogP contribution < -0.4 is 16.0 Å². The maximum atomic E-state index is 13.0. The second kappa shape index (κ2) is 10.0. The second-order valence-electron chi connectivity index (χ2n) is 8.67. The predicted molar refractivity (Wildman–Crippen MR) is 122 cm³/mol. The minimum absolute atomic E-state index is 0.0964. The van der Waals surface area contributed by atoms with E-state index in [2.05, 4.69) is 27.0 Å². The molecule has 0 unspecified atom stereocenters. The Kier molecular flexibility index (Phi) is 7.41. The summed E-state index contributed by atoms with van der Waals surface area (Å²) in [6.07, 6.45) is 1.30. The Morgan fingerprint density at radius 2 is 2.06 bits per heavy atom. The summed E-state index contributed by atoms with van der Waals surface area (Å²) in [5, 5.41) is 19.1. The van der Waals surface area contributed by atoms with Gasteiger partial charge in [0.05, 0.1) is 6.07 Å². The largest absolute Gasteiger partial charge is 0.356 e. The van der Waals surface area contributed by atoms with E-state index in [9.17, 15) is 19.6 Å². The van der Waals surface area contributed by atoms with Crippen molar-refractivity contribution in [3.8, 4) is 6.07 Å². The molecule has 170 valence electrons. The summed E-state index contributed by atoms with van der Waals surface area (Å²) in [7, 11) is 0. The number of H-pyrrole nitrogens is 1. The number of aryl methyl sites for hydroxylation is 1. The average molecular weight is 458 g/mol. The fraction of sp³-hybridized carbons (Fsp3) is 0.478. The number of halogens is 1. The molecule has 9 heteroatoms. The molecule has 3 atom stereocenters. The van der Waals surface area contributed by atoms with Crippen molar-refractivity contribution >= 4 is 40.2 Å². The minimum atomic E-state index is -0.815. The van der Waals surface area contributed by atoms with Crippen molar-refractivity contribution in [1.29, 1.82) is 5.26 Å². The van der Waals surface area contributed by atoms with E-state index in [0.29, 0.717) is 30.1 Å². The van der Waals surface area contributed by atoms with E-state index in [-0.39, 0.29) is 24.2 Å². The molecular weight excluding hydrogens is 430 g/mol. The lowest BCUT2D eigenvalue weighted by atomic mass is 9.98. The van der Waals surface area contributed by atoms with Crippen LogP contribution >= 0.6 is 11.6 Å². The number of carbonyl (C=O) groups excluding carboxylic acids is 3. The molecule has 1 aliphatic rings. The van der Waals surface area contributed by atoms with Crippen molar-refractivity contribution in [2.45, 2.75) is 52.1 Å². The number of aromatic amines is 1. The van der Waals surface area contributed by atoms with E-state index in [1.54, 1.807) is 18.2 Å². The molecule has 0 aliphatic carbocycles. The number of hydrogen-bond donors (Lipinski definition) is 4. The van der Waals surface area contributed by atoms with Crippen molar-refractivity contribution in [2.24, 2.45) is 11.8 Å². The number of fused-ring (bicyclic) bond motifs is 1. The summed E-state index contributed by atoms with van der Waals surface area (Å²) in [4.78, 5) is 40.9. The molecule has 1 aromatic carbocycles. The SMILES string of the molecule is Cc1c(C(=O)N[C@@H](CC(C)C)C(=O)N[C@H](C#N)C[C@@H]2CCNC2=O)[nH]c2ccc(Cl)cc12. The Labute approximate surface area is 192 Å². The Hall–Kier alpha value is -3.05. The molecule has 3 amide bonds. The van der Waals surface area contributed by atoms with Crippen molar-refractivity contribution in [2.75, 3.05) is 6.54 Å². The van der Waals surface area contributed by atoms with E-state index in [4.69, 9.17) is 11.6 Å². The van der Waals surface area contributed by atoms with E-state index in [0.717, 1.165) is 16.5 Å². The van der Waals surface area contributed by atoms with Gasteiger partial charge in [0, 0.05) is 28.4 Å². The van der Waals surface area contributed by atoms with Gasteiger partial charge >= 0.3 is 0 Å². The van der Waals surface area contributed by atoms with Gasteiger partial charge in [0.1, 0.15) is 17.8 Å². The fourth-order valence-corrected chi connectivity index (χ4v) is 4.20. The number of nitriles is 1. The molecule has 2 aromatic rings. The summed E-state index contributed by atoms with van der Waals surface area (Å²) >= 11 is 6.08. The molecule has 4 N–H and O–H groups in total. The Balaban J connectivity index is 1.73. The smallest absolute Gasteiger partial charge is 0.268 e. The highest BCUT2D eigenvalue weighted by molar-refractivity contribution is 6.31. The zero-order valence-corrected chi connectivity index (χ0v) is 19.2. The first-order valence-corrected chi connectivity index (χ1v) is 11.1. The van der Waals surface area contributed by atoms with Crippen molar-refractivity contribution in [3.05, 3.63) is 34.5 Å². The minimum Gasteiger partial charge on any atom is -0.356 e. The van der Waals surface area contributed by atoms with Gasteiger partial charge in [0.2, 0.25) is 11.8 Å². The van der Waals surface area contributed by atoms with E-state index in [1.165, 1.54) is 0 Å². The highest BCUT2D eigenvalue weighted by Crippen LogP contribution is 2.25. The first-order valence-electron chi connectivity index (χ1n) is 10.8. The van der Waals surface area contributed by atoms with Crippen LogP contribution in [0.1, 0.15) is 49.2 Å². The maximum absolute atomic E-state index is 13.0. The van der Waals surface area contributed by atoms with E-state index >= 15 is 0 Å². The predicted octanol–water partition coefficient (Wildman–Crippen LogP) is 2.81. The second-order valence-corrected chi connectivity index (χ2v) is 9.11. The van der Waals surface area contributed by atoms with Gasteiger partial charge in [-0.2, -0.15) is 5.26 Å². The lowest BCUT2D eigenvalue weighted by Gasteiger charge is -2.22. The van der Waals surface area contributed by atoms with Crippen LogP contribution in [0.5, 0.6) is 0 Å². The summed E-state index contributed by atoms with van der Waals surface area (Å²) in [6.45, 7) is 6.30. The van der Waals surface area contributed by atoms with Gasteiger partial charge in [-0.25, -0.2) is 0 Å². The van der Waals surface area contributed by atoms with Gasteiger partial charge in [-0.15, -0.1) is 0 Å². The van der Waals surface area contributed by atoms with Crippen LogP contribution in [0.25, 0.3) is 10.9 Å². The Morgan fingerprint density at radius 1 is 1.31 bits per heavy atom. The van der Waals surface area contributed by atoms with Gasteiger partial charge < -0.3 is 20.9 Å².